The predicted molar refractivity (Wildman–Crippen MR) is 89.5 cm³/mol. The number of nitrogens with one attached hydrogen (secondary N) is 2. The van der Waals surface area contributed by atoms with E-state index in [9.17, 15) is 13.2 Å². The van der Waals surface area contributed by atoms with Crippen molar-refractivity contribution >= 4 is 15.9 Å². The van der Waals surface area contributed by atoms with Crippen molar-refractivity contribution in [2.45, 2.75) is 38.5 Å². The first kappa shape index (κ1) is 19.6. The molecule has 0 saturated carbocycles. The van der Waals surface area contributed by atoms with E-state index in [4.69, 9.17) is 5.11 Å². The normalized spacial score (nSPS) is 12.2. The van der Waals surface area contributed by atoms with Gasteiger partial charge in [-0.15, -0.1) is 0 Å². The largest absolute Gasteiger partial charge is 0.396 e. The van der Waals surface area contributed by atoms with Gasteiger partial charge in [0.05, 0.1) is 4.90 Å². The summed E-state index contributed by atoms with van der Waals surface area (Å²) in [5, 5.41) is 11.5. The van der Waals surface area contributed by atoms with E-state index in [-0.39, 0.29) is 30.5 Å². The number of aliphatic hydroxyl groups is 1. The van der Waals surface area contributed by atoms with Gasteiger partial charge in [-0.05, 0) is 31.9 Å². The van der Waals surface area contributed by atoms with Crippen molar-refractivity contribution in [2.75, 3.05) is 19.7 Å². The molecule has 1 aromatic carbocycles. The molecule has 130 valence electrons. The summed E-state index contributed by atoms with van der Waals surface area (Å²) in [4.78, 5) is 12.2. The van der Waals surface area contributed by atoms with Crippen molar-refractivity contribution in [1.82, 2.24) is 10.0 Å². The molecule has 1 amide bonds. The molecule has 6 nitrogen and oxygen atoms in total. The first-order valence-corrected chi connectivity index (χ1v) is 9.13. The van der Waals surface area contributed by atoms with E-state index in [2.05, 4.69) is 10.0 Å². The Morgan fingerprint density at radius 2 is 1.78 bits per heavy atom. The van der Waals surface area contributed by atoms with Crippen LogP contribution in [0, 0.1) is 12.3 Å². The van der Waals surface area contributed by atoms with Gasteiger partial charge in [0.2, 0.25) is 15.9 Å². The Kier molecular flexibility index (Phi) is 7.18. The quantitative estimate of drug-likeness (QED) is 0.587. The summed E-state index contributed by atoms with van der Waals surface area (Å²) in [5.41, 5.74) is 0.403. The van der Waals surface area contributed by atoms with Gasteiger partial charge in [-0.2, -0.15) is 0 Å². The van der Waals surface area contributed by atoms with Gasteiger partial charge >= 0.3 is 0 Å². The smallest absolute Gasteiger partial charge is 0.240 e. The Bertz CT molecular complexity index is 609. The van der Waals surface area contributed by atoms with Crippen molar-refractivity contribution in [3.63, 3.8) is 0 Å². The first-order valence-electron chi connectivity index (χ1n) is 7.64. The second-order valence-electron chi connectivity index (χ2n) is 6.18. The predicted octanol–water partition coefficient (Wildman–Crippen LogP) is 1.19. The van der Waals surface area contributed by atoms with Crippen molar-refractivity contribution in [3.8, 4) is 0 Å². The Labute approximate surface area is 138 Å². The molecule has 0 spiro atoms. The number of rotatable bonds is 9. The Morgan fingerprint density at radius 3 is 2.35 bits per heavy atom. The Morgan fingerprint density at radius 1 is 1.17 bits per heavy atom. The van der Waals surface area contributed by atoms with E-state index in [1.165, 1.54) is 0 Å². The van der Waals surface area contributed by atoms with Crippen LogP contribution in [0.3, 0.4) is 0 Å². The second kappa shape index (κ2) is 8.42. The number of carbonyl (C=O) groups is 1. The number of carbonyl (C=O) groups excluding carboxylic acids is 1. The van der Waals surface area contributed by atoms with Gasteiger partial charge in [0.15, 0.2) is 0 Å². The molecule has 0 saturated heterocycles. The van der Waals surface area contributed by atoms with Gasteiger partial charge in [0, 0.05) is 25.1 Å². The van der Waals surface area contributed by atoms with Crippen molar-refractivity contribution in [2.24, 2.45) is 5.41 Å². The summed E-state index contributed by atoms with van der Waals surface area (Å²) >= 11 is 0. The van der Waals surface area contributed by atoms with Crippen LogP contribution in [0.2, 0.25) is 0 Å². The summed E-state index contributed by atoms with van der Waals surface area (Å²) < 4.78 is 26.6. The lowest BCUT2D eigenvalue weighted by molar-refractivity contribution is -0.129. The summed E-state index contributed by atoms with van der Waals surface area (Å²) in [7, 11) is -3.56. The lowest BCUT2D eigenvalue weighted by Gasteiger charge is -2.23. The zero-order valence-electron chi connectivity index (χ0n) is 13.9. The van der Waals surface area contributed by atoms with Crippen LogP contribution in [0.25, 0.3) is 0 Å². The maximum atomic E-state index is 12.1. The van der Waals surface area contributed by atoms with E-state index in [0.717, 1.165) is 5.56 Å². The van der Waals surface area contributed by atoms with Gasteiger partial charge < -0.3 is 10.4 Å². The highest BCUT2D eigenvalue weighted by molar-refractivity contribution is 7.89. The molecule has 0 bridgehead atoms. The molecular weight excluding hydrogens is 316 g/mol. The molecule has 0 aliphatic carbocycles. The average Bonchev–Trinajstić information content (AvgIpc) is 2.49. The minimum Gasteiger partial charge on any atom is -0.396 e. The third kappa shape index (κ3) is 6.29. The van der Waals surface area contributed by atoms with Gasteiger partial charge in [-0.25, -0.2) is 13.1 Å². The Balaban J connectivity index is 2.45. The molecule has 0 aromatic heterocycles. The van der Waals surface area contributed by atoms with Crippen LogP contribution in [0.15, 0.2) is 29.2 Å². The zero-order valence-corrected chi connectivity index (χ0v) is 14.7. The monoisotopic (exact) mass is 342 g/mol. The summed E-state index contributed by atoms with van der Waals surface area (Å²) in [6.45, 7) is 5.87. The SMILES string of the molecule is Cc1ccc(S(=O)(=O)NCCNC(=O)C(C)(C)CCCO)cc1. The van der Waals surface area contributed by atoms with Crippen LogP contribution in [0.4, 0.5) is 0 Å². The fourth-order valence-corrected chi connectivity index (χ4v) is 3.07. The topological polar surface area (TPSA) is 95.5 Å². The fourth-order valence-electron chi connectivity index (χ4n) is 2.04. The zero-order chi connectivity index (χ0) is 17.5. The lowest BCUT2D eigenvalue weighted by Crippen LogP contribution is -2.41. The maximum absolute atomic E-state index is 12.1. The highest BCUT2D eigenvalue weighted by Gasteiger charge is 2.26. The highest BCUT2D eigenvalue weighted by Crippen LogP contribution is 2.21. The van der Waals surface area contributed by atoms with Crippen LogP contribution < -0.4 is 10.0 Å². The summed E-state index contributed by atoms with van der Waals surface area (Å²) in [6.07, 6.45) is 1.13. The molecule has 3 N–H and O–H groups in total. The van der Waals surface area contributed by atoms with Crippen LogP contribution in [-0.2, 0) is 14.8 Å². The molecule has 1 rings (SSSR count). The minimum absolute atomic E-state index is 0.0487. The molecule has 0 heterocycles. The van der Waals surface area contributed by atoms with Gasteiger partial charge in [0.25, 0.3) is 0 Å². The molecule has 7 heteroatoms. The van der Waals surface area contributed by atoms with Gasteiger partial charge in [-0.1, -0.05) is 31.5 Å². The van der Waals surface area contributed by atoms with Crippen molar-refractivity contribution in [3.05, 3.63) is 29.8 Å². The van der Waals surface area contributed by atoms with Crippen LogP contribution in [-0.4, -0.2) is 39.1 Å². The number of sulfonamides is 1. The van der Waals surface area contributed by atoms with E-state index < -0.39 is 15.4 Å². The maximum Gasteiger partial charge on any atom is 0.240 e. The second-order valence-corrected chi connectivity index (χ2v) is 7.94. The number of benzene rings is 1. The molecule has 0 aliphatic rings. The van der Waals surface area contributed by atoms with Crippen LogP contribution >= 0.6 is 0 Å². The molecular formula is C16H26N2O4S. The minimum atomic E-state index is -3.56. The molecule has 0 radical (unpaired) electrons. The molecule has 0 fully saturated rings. The van der Waals surface area contributed by atoms with Gasteiger partial charge in [0.1, 0.15) is 0 Å². The van der Waals surface area contributed by atoms with E-state index in [1.54, 1.807) is 38.1 Å². The van der Waals surface area contributed by atoms with Gasteiger partial charge in [-0.3, -0.25) is 4.79 Å². The molecule has 0 aliphatic heterocycles. The third-order valence-corrected chi connectivity index (χ3v) is 5.09. The van der Waals surface area contributed by atoms with E-state index in [1.807, 2.05) is 6.92 Å². The number of aliphatic hydroxyl groups excluding tert-OH is 1. The standard InChI is InChI=1S/C16H26N2O4S/c1-13-5-7-14(8-6-13)23(21,22)18-11-10-17-15(20)16(2,3)9-4-12-19/h5-8,18-19H,4,9-12H2,1-3H3,(H,17,20). The molecule has 1 aromatic rings. The van der Waals surface area contributed by atoms with E-state index in [0.29, 0.717) is 12.8 Å². The van der Waals surface area contributed by atoms with Crippen LogP contribution in [0.1, 0.15) is 32.3 Å². The van der Waals surface area contributed by atoms with Crippen molar-refractivity contribution in [1.29, 1.82) is 0 Å². The average molecular weight is 342 g/mol. The highest BCUT2D eigenvalue weighted by atomic mass is 32.2. The van der Waals surface area contributed by atoms with Crippen molar-refractivity contribution < 1.29 is 18.3 Å². The van der Waals surface area contributed by atoms with Crippen LogP contribution in [0.5, 0.6) is 0 Å². The first-order chi connectivity index (χ1) is 10.7. The lowest BCUT2D eigenvalue weighted by atomic mass is 9.87. The number of aryl methyl sites for hydroxylation is 1. The fraction of sp³-hybridized carbons (Fsp3) is 0.562. The number of amides is 1. The Hall–Kier alpha value is -1.44. The molecule has 0 unspecified atom stereocenters. The molecule has 0 atom stereocenters. The number of hydrogen-bond donors (Lipinski definition) is 3. The number of hydrogen-bond acceptors (Lipinski definition) is 4. The summed E-state index contributed by atoms with van der Waals surface area (Å²) in [5.74, 6) is -0.152. The van der Waals surface area contributed by atoms with E-state index >= 15 is 0 Å². The summed E-state index contributed by atoms with van der Waals surface area (Å²) in [6, 6.07) is 6.57. The third-order valence-electron chi connectivity index (χ3n) is 3.61. The molecule has 23 heavy (non-hydrogen) atoms.